The number of likely N-dealkylation sites (N-methyl/N-ethyl adjacent to an activating group) is 1. The largest absolute Gasteiger partial charge is 0.544 e. The first-order valence-electron chi connectivity index (χ1n) is 5.67. The molecular weight excluding hydrogens is 238 g/mol. The summed E-state index contributed by atoms with van der Waals surface area (Å²) in [6.45, 7) is 6.35. The smallest absolute Gasteiger partial charge is 0.333 e. The second-order valence-electron chi connectivity index (χ2n) is 4.72. The van der Waals surface area contributed by atoms with Crippen LogP contribution in [0.15, 0.2) is 12.2 Å². The van der Waals surface area contributed by atoms with E-state index in [4.69, 9.17) is 9.47 Å². The third-order valence-corrected chi connectivity index (χ3v) is 2.21. The fourth-order valence-corrected chi connectivity index (χ4v) is 1.16. The molecule has 0 aromatic carbocycles. The zero-order chi connectivity index (χ0) is 14.2. The molecule has 0 atom stereocenters. The molecule has 0 aliphatic rings. The van der Waals surface area contributed by atoms with E-state index in [2.05, 4.69) is 6.58 Å². The molecule has 6 heteroatoms. The van der Waals surface area contributed by atoms with Gasteiger partial charge >= 0.3 is 5.97 Å². The normalized spacial score (nSPS) is 11.1. The Bertz CT molecular complexity index is 312. The Kier molecular flexibility index (Phi) is 7.23. The number of rotatable bonds is 9. The second-order valence-corrected chi connectivity index (χ2v) is 4.72. The van der Waals surface area contributed by atoms with Gasteiger partial charge < -0.3 is 23.9 Å². The van der Waals surface area contributed by atoms with Crippen LogP contribution in [-0.4, -0.2) is 63.4 Å². The Morgan fingerprint density at radius 1 is 1.22 bits per heavy atom. The molecule has 0 fully saturated rings. The van der Waals surface area contributed by atoms with Crippen molar-refractivity contribution in [2.45, 2.75) is 6.92 Å². The van der Waals surface area contributed by atoms with Crippen LogP contribution in [0.2, 0.25) is 0 Å². The molecule has 0 N–H and O–H groups in total. The number of carbonyl (C=O) groups excluding carboxylic acids is 2. The minimum atomic E-state index is -1.09. The highest BCUT2D eigenvalue weighted by atomic mass is 16.6. The number of esters is 1. The lowest BCUT2D eigenvalue weighted by Crippen LogP contribution is -2.49. The third-order valence-electron chi connectivity index (χ3n) is 2.21. The fourth-order valence-electron chi connectivity index (χ4n) is 1.16. The number of hydrogen-bond donors (Lipinski definition) is 0. The van der Waals surface area contributed by atoms with E-state index in [1.54, 1.807) is 21.0 Å². The number of nitrogens with zero attached hydrogens (tertiary/aromatic N) is 1. The number of carbonyl (C=O) groups is 2. The molecule has 0 radical (unpaired) electrons. The van der Waals surface area contributed by atoms with E-state index >= 15 is 0 Å². The zero-order valence-electron chi connectivity index (χ0n) is 11.2. The number of quaternary nitrogens is 1. The Morgan fingerprint density at radius 2 is 1.83 bits per heavy atom. The highest BCUT2D eigenvalue weighted by Crippen LogP contribution is 1.96. The van der Waals surface area contributed by atoms with Crippen LogP contribution in [0.25, 0.3) is 0 Å². The van der Waals surface area contributed by atoms with Crippen molar-refractivity contribution in [2.75, 3.05) is 47.0 Å². The summed E-state index contributed by atoms with van der Waals surface area (Å²) in [6.07, 6.45) is 0. The van der Waals surface area contributed by atoms with E-state index < -0.39 is 11.9 Å². The Hall–Kier alpha value is -1.40. The van der Waals surface area contributed by atoms with Crippen LogP contribution in [0.3, 0.4) is 0 Å². The van der Waals surface area contributed by atoms with Gasteiger partial charge in [-0.1, -0.05) is 6.58 Å². The van der Waals surface area contributed by atoms with Crippen molar-refractivity contribution in [3.63, 3.8) is 0 Å². The van der Waals surface area contributed by atoms with Crippen LogP contribution < -0.4 is 5.11 Å². The summed E-state index contributed by atoms with van der Waals surface area (Å²) >= 11 is 0. The highest BCUT2D eigenvalue weighted by Gasteiger charge is 2.14. The van der Waals surface area contributed by atoms with Crippen LogP contribution >= 0.6 is 0 Å². The van der Waals surface area contributed by atoms with E-state index in [0.29, 0.717) is 18.7 Å². The van der Waals surface area contributed by atoms with Crippen LogP contribution in [0.5, 0.6) is 0 Å². The van der Waals surface area contributed by atoms with Gasteiger partial charge in [0.15, 0.2) is 0 Å². The van der Waals surface area contributed by atoms with Gasteiger partial charge in [-0.3, -0.25) is 0 Å². The Morgan fingerprint density at radius 3 is 2.33 bits per heavy atom. The molecule has 0 aromatic heterocycles. The monoisotopic (exact) mass is 259 g/mol. The van der Waals surface area contributed by atoms with E-state index in [-0.39, 0.29) is 24.2 Å². The predicted octanol–water partition coefficient (Wildman–Crippen LogP) is -1.05. The summed E-state index contributed by atoms with van der Waals surface area (Å²) in [5.74, 6) is -1.53. The molecule has 18 heavy (non-hydrogen) atoms. The first-order valence-corrected chi connectivity index (χ1v) is 5.67. The number of carboxylic acids is 1. The molecule has 6 nitrogen and oxygen atoms in total. The van der Waals surface area contributed by atoms with Crippen molar-refractivity contribution in [1.82, 2.24) is 0 Å². The SMILES string of the molecule is C=C(C)C(=O)OCCOCC[N+](C)(C)CC(=O)[O-]. The average molecular weight is 259 g/mol. The molecule has 0 amide bonds. The van der Waals surface area contributed by atoms with Crippen molar-refractivity contribution in [2.24, 2.45) is 0 Å². The van der Waals surface area contributed by atoms with Crippen molar-refractivity contribution in [1.29, 1.82) is 0 Å². The first-order chi connectivity index (χ1) is 8.24. The molecule has 0 rings (SSSR count). The van der Waals surface area contributed by atoms with Crippen molar-refractivity contribution >= 4 is 11.9 Å². The third kappa shape index (κ3) is 8.72. The lowest BCUT2D eigenvalue weighted by molar-refractivity contribution is -0.885. The average Bonchev–Trinajstić information content (AvgIpc) is 2.20. The topological polar surface area (TPSA) is 75.7 Å². The molecule has 104 valence electrons. The molecule has 0 saturated heterocycles. The summed E-state index contributed by atoms with van der Waals surface area (Å²) in [4.78, 5) is 21.5. The molecule has 0 aromatic rings. The quantitative estimate of drug-likeness (QED) is 0.228. The fraction of sp³-hybridized carbons (Fsp3) is 0.667. The Labute approximate surface area is 107 Å². The highest BCUT2D eigenvalue weighted by molar-refractivity contribution is 5.86. The molecule has 0 aliphatic heterocycles. The van der Waals surface area contributed by atoms with Crippen LogP contribution in [-0.2, 0) is 19.1 Å². The molecule has 0 unspecified atom stereocenters. The van der Waals surface area contributed by atoms with Gasteiger partial charge in [0.1, 0.15) is 19.7 Å². The lowest BCUT2D eigenvalue weighted by atomic mass is 10.4. The maximum Gasteiger partial charge on any atom is 0.333 e. The summed E-state index contributed by atoms with van der Waals surface area (Å²) in [7, 11) is 3.56. The first kappa shape index (κ1) is 16.6. The van der Waals surface area contributed by atoms with E-state index in [1.807, 2.05) is 0 Å². The number of ether oxygens (including phenoxy) is 2. The second kappa shape index (κ2) is 7.84. The van der Waals surface area contributed by atoms with Crippen LogP contribution in [0.4, 0.5) is 0 Å². The van der Waals surface area contributed by atoms with Crippen molar-refractivity contribution in [3.8, 4) is 0 Å². The minimum Gasteiger partial charge on any atom is -0.544 e. The molecule has 0 bridgehead atoms. The standard InChI is InChI=1S/C12H21NO5/c1-10(2)12(16)18-8-7-17-6-5-13(3,4)9-11(14)15/h1,5-9H2,2-4H3. The molecule has 0 heterocycles. The maximum atomic E-state index is 11.0. The van der Waals surface area contributed by atoms with E-state index in [0.717, 1.165) is 0 Å². The van der Waals surface area contributed by atoms with Crippen molar-refractivity contribution < 1.29 is 28.7 Å². The van der Waals surface area contributed by atoms with Gasteiger partial charge in [0, 0.05) is 5.57 Å². The summed E-state index contributed by atoms with van der Waals surface area (Å²) in [5.41, 5.74) is 0.349. The summed E-state index contributed by atoms with van der Waals surface area (Å²) in [6, 6.07) is 0. The van der Waals surface area contributed by atoms with Crippen LogP contribution in [0, 0.1) is 0 Å². The van der Waals surface area contributed by atoms with Gasteiger partial charge in [0.05, 0.1) is 33.3 Å². The van der Waals surface area contributed by atoms with Crippen molar-refractivity contribution in [3.05, 3.63) is 12.2 Å². The summed E-state index contributed by atoms with van der Waals surface area (Å²) in [5, 5.41) is 10.5. The lowest BCUT2D eigenvalue weighted by Gasteiger charge is -2.29. The van der Waals surface area contributed by atoms with Gasteiger partial charge in [-0.2, -0.15) is 0 Å². The molecule has 0 aliphatic carbocycles. The van der Waals surface area contributed by atoms with Gasteiger partial charge in [-0.15, -0.1) is 0 Å². The number of hydrogen-bond acceptors (Lipinski definition) is 5. The Balaban J connectivity index is 3.59. The molecule has 0 spiro atoms. The molecular formula is C12H21NO5. The van der Waals surface area contributed by atoms with E-state index in [1.165, 1.54) is 0 Å². The van der Waals surface area contributed by atoms with Gasteiger partial charge in [0.25, 0.3) is 0 Å². The van der Waals surface area contributed by atoms with Crippen LogP contribution in [0.1, 0.15) is 6.92 Å². The number of carboxylic acid groups (broad SMARTS) is 1. The zero-order valence-corrected chi connectivity index (χ0v) is 11.2. The number of aliphatic carboxylic acids is 1. The van der Waals surface area contributed by atoms with Gasteiger partial charge in [-0.25, -0.2) is 4.79 Å². The summed E-state index contributed by atoms with van der Waals surface area (Å²) < 4.78 is 10.4. The van der Waals surface area contributed by atoms with E-state index in [9.17, 15) is 14.7 Å². The van der Waals surface area contributed by atoms with Gasteiger partial charge in [0.2, 0.25) is 0 Å². The predicted molar refractivity (Wildman–Crippen MR) is 63.4 cm³/mol. The minimum absolute atomic E-state index is 0.0615. The molecule has 0 saturated carbocycles. The maximum absolute atomic E-state index is 11.0. The van der Waals surface area contributed by atoms with Gasteiger partial charge in [-0.05, 0) is 6.92 Å².